The highest BCUT2D eigenvalue weighted by atomic mass is 35.5. The average Bonchev–Trinajstić information content (AvgIpc) is 3.46. The van der Waals surface area contributed by atoms with Gasteiger partial charge >= 0.3 is 0 Å². The standard InChI is InChI=1S/C26H19ClN2O2S2/c1-31-21-13-7-17(8-14-21)15-23-24(30)29(25(33-23)19-9-11-20(27)12-10-19)26-28-22(16-32-26)18-5-3-2-4-6-18/h2-16,25H,1H3/b23-15-/t25-/m1/s1. The van der Waals surface area contributed by atoms with Gasteiger partial charge in [0.05, 0.1) is 17.7 Å². The van der Waals surface area contributed by atoms with Crippen molar-refractivity contribution in [2.24, 2.45) is 0 Å². The molecule has 4 aromatic rings. The van der Waals surface area contributed by atoms with Crippen molar-refractivity contribution in [3.8, 4) is 17.0 Å². The number of halogens is 1. The van der Waals surface area contributed by atoms with Crippen LogP contribution in [0.3, 0.4) is 0 Å². The number of carbonyl (C=O) groups is 1. The van der Waals surface area contributed by atoms with Crippen molar-refractivity contribution < 1.29 is 9.53 Å². The number of methoxy groups -OCH3 is 1. The van der Waals surface area contributed by atoms with Crippen molar-refractivity contribution >= 4 is 51.8 Å². The predicted octanol–water partition coefficient (Wildman–Crippen LogP) is 7.29. The van der Waals surface area contributed by atoms with Gasteiger partial charge in [-0.05, 0) is 41.5 Å². The molecule has 33 heavy (non-hydrogen) atoms. The second-order valence-electron chi connectivity index (χ2n) is 7.36. The summed E-state index contributed by atoms with van der Waals surface area (Å²) < 4.78 is 5.24. The SMILES string of the molecule is COc1ccc(/C=C2\S[C@H](c3ccc(Cl)cc3)N(c3nc(-c4ccccc4)cs3)C2=O)cc1. The number of hydrogen-bond acceptors (Lipinski definition) is 5. The zero-order valence-corrected chi connectivity index (χ0v) is 20.0. The molecule has 2 heterocycles. The fourth-order valence-electron chi connectivity index (χ4n) is 3.54. The first kappa shape index (κ1) is 21.8. The Morgan fingerprint density at radius 2 is 1.73 bits per heavy atom. The largest absolute Gasteiger partial charge is 0.497 e. The summed E-state index contributed by atoms with van der Waals surface area (Å²) in [5.41, 5.74) is 3.81. The summed E-state index contributed by atoms with van der Waals surface area (Å²) in [6.07, 6.45) is 1.92. The maximum Gasteiger partial charge on any atom is 0.267 e. The number of aromatic nitrogens is 1. The first-order valence-electron chi connectivity index (χ1n) is 10.2. The Morgan fingerprint density at radius 3 is 2.42 bits per heavy atom. The zero-order valence-electron chi connectivity index (χ0n) is 17.6. The summed E-state index contributed by atoms with van der Waals surface area (Å²) in [4.78, 5) is 20.8. The van der Waals surface area contributed by atoms with Gasteiger partial charge in [-0.2, -0.15) is 0 Å². The minimum Gasteiger partial charge on any atom is -0.497 e. The molecule has 0 radical (unpaired) electrons. The van der Waals surface area contributed by atoms with Crippen molar-refractivity contribution in [2.45, 2.75) is 5.37 Å². The molecule has 3 aromatic carbocycles. The summed E-state index contributed by atoms with van der Waals surface area (Å²) in [5.74, 6) is 0.712. The normalized spacial score (nSPS) is 17.0. The molecule has 0 N–H and O–H groups in total. The van der Waals surface area contributed by atoms with Crippen molar-refractivity contribution in [3.63, 3.8) is 0 Å². The molecule has 1 atom stereocenters. The molecule has 0 aliphatic carbocycles. The van der Waals surface area contributed by atoms with Crippen LogP contribution >= 0.6 is 34.7 Å². The quantitative estimate of drug-likeness (QED) is 0.275. The molecule has 0 unspecified atom stereocenters. The van der Waals surface area contributed by atoms with Gasteiger partial charge in [-0.25, -0.2) is 4.98 Å². The molecule has 1 aliphatic heterocycles. The number of anilines is 1. The smallest absolute Gasteiger partial charge is 0.267 e. The first-order chi connectivity index (χ1) is 16.1. The number of nitrogens with zero attached hydrogens (tertiary/aromatic N) is 2. The fraction of sp³-hybridized carbons (Fsp3) is 0.0769. The minimum absolute atomic E-state index is 0.0651. The Bertz CT molecular complexity index is 1300. The van der Waals surface area contributed by atoms with Gasteiger partial charge in [-0.1, -0.05) is 78.0 Å². The van der Waals surface area contributed by atoms with Crippen molar-refractivity contribution in [3.05, 3.63) is 105 Å². The van der Waals surface area contributed by atoms with Crippen LogP contribution in [0.25, 0.3) is 17.3 Å². The van der Waals surface area contributed by atoms with E-state index in [-0.39, 0.29) is 11.3 Å². The lowest BCUT2D eigenvalue weighted by Crippen LogP contribution is -2.27. The third kappa shape index (κ3) is 4.55. The molecule has 1 aromatic heterocycles. The van der Waals surface area contributed by atoms with E-state index >= 15 is 0 Å². The monoisotopic (exact) mass is 490 g/mol. The van der Waals surface area contributed by atoms with Gasteiger partial charge in [0.2, 0.25) is 0 Å². The molecule has 1 amide bonds. The van der Waals surface area contributed by atoms with Gasteiger partial charge in [0.1, 0.15) is 11.1 Å². The third-order valence-electron chi connectivity index (χ3n) is 5.24. The molecule has 7 heteroatoms. The van der Waals surface area contributed by atoms with E-state index in [1.54, 1.807) is 12.0 Å². The molecule has 0 saturated carbocycles. The van der Waals surface area contributed by atoms with Crippen LogP contribution < -0.4 is 9.64 Å². The van der Waals surface area contributed by atoms with E-state index in [9.17, 15) is 4.79 Å². The Morgan fingerprint density at radius 1 is 1.00 bits per heavy atom. The Kier molecular flexibility index (Phi) is 6.22. The van der Waals surface area contributed by atoms with Gasteiger partial charge in [0.25, 0.3) is 5.91 Å². The maximum absolute atomic E-state index is 13.6. The van der Waals surface area contributed by atoms with E-state index in [2.05, 4.69) is 0 Å². The van der Waals surface area contributed by atoms with E-state index in [1.807, 2.05) is 90.3 Å². The maximum atomic E-state index is 13.6. The summed E-state index contributed by atoms with van der Waals surface area (Å²) in [5, 5.41) is 3.10. The lowest BCUT2D eigenvalue weighted by molar-refractivity contribution is -0.114. The second kappa shape index (κ2) is 9.43. The number of amides is 1. The number of carbonyl (C=O) groups excluding carboxylic acids is 1. The second-order valence-corrected chi connectivity index (χ2v) is 9.76. The lowest BCUT2D eigenvalue weighted by Gasteiger charge is -2.21. The number of ether oxygens (including phenoxy) is 1. The molecule has 1 fully saturated rings. The molecular weight excluding hydrogens is 472 g/mol. The highest BCUT2D eigenvalue weighted by molar-refractivity contribution is 8.05. The zero-order chi connectivity index (χ0) is 22.8. The van der Waals surface area contributed by atoms with Crippen LogP contribution in [-0.4, -0.2) is 18.0 Å². The summed E-state index contributed by atoms with van der Waals surface area (Å²) >= 11 is 9.10. The molecule has 4 nitrogen and oxygen atoms in total. The minimum atomic E-state index is -0.228. The van der Waals surface area contributed by atoms with Crippen LogP contribution in [0.5, 0.6) is 5.75 Å². The highest BCUT2D eigenvalue weighted by Crippen LogP contribution is 2.49. The predicted molar refractivity (Wildman–Crippen MR) is 138 cm³/mol. The molecular formula is C26H19ClN2O2S2. The van der Waals surface area contributed by atoms with E-state index in [4.69, 9.17) is 21.3 Å². The third-order valence-corrected chi connectivity index (χ3v) is 7.58. The van der Waals surface area contributed by atoms with Crippen LogP contribution in [-0.2, 0) is 4.79 Å². The van der Waals surface area contributed by atoms with Crippen molar-refractivity contribution in [1.29, 1.82) is 0 Å². The van der Waals surface area contributed by atoms with Gasteiger partial charge in [0, 0.05) is 16.0 Å². The molecule has 0 spiro atoms. The van der Waals surface area contributed by atoms with Gasteiger partial charge in [-0.15, -0.1) is 11.3 Å². The van der Waals surface area contributed by atoms with E-state index in [1.165, 1.54) is 23.1 Å². The number of benzene rings is 3. The molecule has 1 aliphatic rings. The van der Waals surface area contributed by atoms with Crippen LogP contribution in [0.1, 0.15) is 16.5 Å². The molecule has 1 saturated heterocycles. The summed E-state index contributed by atoms with van der Waals surface area (Å²) in [7, 11) is 1.64. The first-order valence-corrected chi connectivity index (χ1v) is 12.4. The Hall–Kier alpha value is -3.06. The summed E-state index contributed by atoms with van der Waals surface area (Å²) in [6.45, 7) is 0. The van der Waals surface area contributed by atoms with Crippen LogP contribution in [0.15, 0.2) is 89.1 Å². The van der Waals surface area contributed by atoms with Crippen LogP contribution in [0.4, 0.5) is 5.13 Å². The molecule has 0 bridgehead atoms. The van der Waals surface area contributed by atoms with E-state index in [0.717, 1.165) is 28.1 Å². The number of hydrogen-bond donors (Lipinski definition) is 0. The fourth-order valence-corrected chi connectivity index (χ4v) is 5.83. The van der Waals surface area contributed by atoms with E-state index < -0.39 is 0 Å². The van der Waals surface area contributed by atoms with Crippen molar-refractivity contribution in [1.82, 2.24) is 4.98 Å². The molecule has 164 valence electrons. The van der Waals surface area contributed by atoms with Crippen LogP contribution in [0, 0.1) is 0 Å². The highest BCUT2D eigenvalue weighted by Gasteiger charge is 2.39. The van der Waals surface area contributed by atoms with Crippen molar-refractivity contribution in [2.75, 3.05) is 12.0 Å². The Labute approximate surface area is 205 Å². The van der Waals surface area contributed by atoms with Crippen LogP contribution in [0.2, 0.25) is 5.02 Å². The molecule has 5 rings (SSSR count). The summed E-state index contributed by atoms with van der Waals surface area (Å²) in [6, 6.07) is 25.3. The number of rotatable bonds is 5. The number of thioether (sulfide) groups is 1. The van der Waals surface area contributed by atoms with Gasteiger partial charge in [0.15, 0.2) is 5.13 Å². The van der Waals surface area contributed by atoms with E-state index in [0.29, 0.717) is 15.1 Å². The van der Waals surface area contributed by atoms with Gasteiger partial charge in [-0.3, -0.25) is 9.69 Å². The lowest BCUT2D eigenvalue weighted by atomic mass is 10.2. The Balaban J connectivity index is 1.53. The number of thiazole rings is 1. The van der Waals surface area contributed by atoms with Gasteiger partial charge < -0.3 is 4.74 Å². The average molecular weight is 491 g/mol. The topological polar surface area (TPSA) is 42.4 Å².